The average Bonchev–Trinajstić information content (AvgIpc) is 3.10. The maximum atomic E-state index is 4.28. The Labute approximate surface area is 121 Å². The van der Waals surface area contributed by atoms with Crippen molar-refractivity contribution in [3.8, 4) is 0 Å². The van der Waals surface area contributed by atoms with Gasteiger partial charge in [-0.05, 0) is 18.1 Å². The summed E-state index contributed by atoms with van der Waals surface area (Å²) >= 11 is 1.39. The molecule has 0 aliphatic carbocycles. The molecule has 102 valence electrons. The molecule has 0 spiro atoms. The highest BCUT2D eigenvalue weighted by atomic mass is 32.1. The van der Waals surface area contributed by atoms with Crippen LogP contribution in [0, 0.1) is 6.92 Å². The van der Waals surface area contributed by atoms with Gasteiger partial charge in [-0.25, -0.2) is 9.97 Å². The molecular weight excluding hydrogens is 270 g/mol. The van der Waals surface area contributed by atoms with Gasteiger partial charge >= 0.3 is 0 Å². The third-order valence-electron chi connectivity index (χ3n) is 2.92. The summed E-state index contributed by atoms with van der Waals surface area (Å²) in [6.07, 6.45) is 5.59. The van der Waals surface area contributed by atoms with Crippen LogP contribution < -0.4 is 5.32 Å². The third-order valence-corrected chi connectivity index (χ3v) is 3.68. The van der Waals surface area contributed by atoms with Crippen molar-refractivity contribution in [2.75, 3.05) is 5.32 Å². The lowest BCUT2D eigenvalue weighted by molar-refractivity contribution is 0.797. The summed E-state index contributed by atoms with van der Waals surface area (Å²) in [7, 11) is 0. The molecule has 0 unspecified atom stereocenters. The fraction of sp³-hybridized carbons (Fsp3) is 0.214. The van der Waals surface area contributed by atoms with Gasteiger partial charge in [0.2, 0.25) is 5.13 Å². The molecular formula is C14H15N5S. The van der Waals surface area contributed by atoms with Gasteiger partial charge in [0.1, 0.15) is 5.82 Å². The summed E-state index contributed by atoms with van der Waals surface area (Å²) in [5.41, 5.74) is 2.49. The summed E-state index contributed by atoms with van der Waals surface area (Å²) in [6, 6.07) is 8.55. The Hall–Kier alpha value is -2.21. The van der Waals surface area contributed by atoms with Gasteiger partial charge in [-0.1, -0.05) is 24.3 Å². The summed E-state index contributed by atoms with van der Waals surface area (Å²) in [5.74, 6) is 0.813. The van der Waals surface area contributed by atoms with Crippen LogP contribution in [-0.4, -0.2) is 18.9 Å². The molecule has 3 aromatic rings. The van der Waals surface area contributed by atoms with Gasteiger partial charge in [0.15, 0.2) is 0 Å². The molecule has 20 heavy (non-hydrogen) atoms. The number of aryl methyl sites for hydroxylation is 1. The number of nitrogens with zero attached hydrogens (tertiary/aromatic N) is 4. The number of hydrogen-bond donors (Lipinski definition) is 1. The number of anilines is 1. The monoisotopic (exact) mass is 285 g/mol. The molecule has 2 aromatic heterocycles. The number of aromatic nitrogens is 4. The van der Waals surface area contributed by atoms with Crippen LogP contribution >= 0.6 is 11.5 Å². The van der Waals surface area contributed by atoms with Crippen molar-refractivity contribution in [1.29, 1.82) is 0 Å². The van der Waals surface area contributed by atoms with Crippen molar-refractivity contribution < 1.29 is 0 Å². The second-order valence-corrected chi connectivity index (χ2v) is 5.30. The first-order chi connectivity index (χ1) is 9.79. The van der Waals surface area contributed by atoms with Crippen molar-refractivity contribution >= 4 is 16.7 Å². The van der Waals surface area contributed by atoms with E-state index in [2.05, 4.69) is 48.5 Å². The van der Waals surface area contributed by atoms with Gasteiger partial charge in [0.05, 0.1) is 6.33 Å². The Bertz CT molecular complexity index is 657. The van der Waals surface area contributed by atoms with E-state index in [-0.39, 0.29) is 0 Å². The molecule has 5 nitrogen and oxygen atoms in total. The third kappa shape index (κ3) is 3.21. The molecule has 0 atom stereocenters. The van der Waals surface area contributed by atoms with E-state index in [0.29, 0.717) is 0 Å². The SMILES string of the molecule is Cc1nsc(NCc2ccc(Cn3ccnc3)cc2)n1. The largest absolute Gasteiger partial charge is 0.356 e. The molecule has 0 saturated heterocycles. The standard InChI is InChI=1S/C14H15N5S/c1-11-17-14(20-18-11)16-8-12-2-4-13(5-3-12)9-19-7-6-15-10-19/h2-7,10H,8-9H2,1H3,(H,16,17,18). The van der Waals surface area contributed by atoms with Crippen LogP contribution in [0.15, 0.2) is 43.0 Å². The van der Waals surface area contributed by atoms with Crippen LogP contribution in [0.2, 0.25) is 0 Å². The van der Waals surface area contributed by atoms with Crippen molar-refractivity contribution in [2.24, 2.45) is 0 Å². The van der Waals surface area contributed by atoms with Gasteiger partial charge in [-0.2, -0.15) is 4.37 Å². The van der Waals surface area contributed by atoms with Crippen LogP contribution in [0.3, 0.4) is 0 Å². The number of benzene rings is 1. The fourth-order valence-corrected chi connectivity index (χ4v) is 2.47. The molecule has 0 aliphatic rings. The molecule has 2 heterocycles. The van der Waals surface area contributed by atoms with E-state index in [4.69, 9.17) is 0 Å². The van der Waals surface area contributed by atoms with E-state index >= 15 is 0 Å². The average molecular weight is 285 g/mol. The van der Waals surface area contributed by atoms with Gasteiger partial charge in [0, 0.05) is 37.0 Å². The van der Waals surface area contributed by atoms with Crippen molar-refractivity contribution in [3.63, 3.8) is 0 Å². The van der Waals surface area contributed by atoms with Crippen LogP contribution in [0.25, 0.3) is 0 Å². The molecule has 0 bridgehead atoms. The Balaban J connectivity index is 1.58. The summed E-state index contributed by atoms with van der Waals surface area (Å²) < 4.78 is 6.20. The smallest absolute Gasteiger partial charge is 0.202 e. The molecule has 3 rings (SSSR count). The summed E-state index contributed by atoms with van der Waals surface area (Å²) in [5, 5.41) is 4.14. The van der Waals surface area contributed by atoms with E-state index in [9.17, 15) is 0 Å². The first-order valence-electron chi connectivity index (χ1n) is 6.37. The van der Waals surface area contributed by atoms with Gasteiger partial charge < -0.3 is 9.88 Å². The number of imidazole rings is 1. The highest BCUT2D eigenvalue weighted by molar-refractivity contribution is 7.09. The van der Waals surface area contributed by atoms with Crippen molar-refractivity contribution in [1.82, 2.24) is 18.9 Å². The van der Waals surface area contributed by atoms with Gasteiger partial charge in [-0.3, -0.25) is 0 Å². The van der Waals surface area contributed by atoms with Crippen LogP contribution in [-0.2, 0) is 13.1 Å². The summed E-state index contributed by atoms with van der Waals surface area (Å²) in [4.78, 5) is 8.32. The van der Waals surface area contributed by atoms with Crippen molar-refractivity contribution in [3.05, 3.63) is 59.9 Å². The van der Waals surface area contributed by atoms with E-state index in [0.717, 1.165) is 24.0 Å². The molecule has 0 radical (unpaired) electrons. The predicted molar refractivity (Wildman–Crippen MR) is 79.7 cm³/mol. The molecule has 6 heteroatoms. The maximum absolute atomic E-state index is 4.28. The van der Waals surface area contributed by atoms with E-state index < -0.39 is 0 Å². The molecule has 0 fully saturated rings. The zero-order valence-electron chi connectivity index (χ0n) is 11.2. The minimum Gasteiger partial charge on any atom is -0.356 e. The maximum Gasteiger partial charge on any atom is 0.202 e. The fourth-order valence-electron chi connectivity index (χ4n) is 1.90. The molecule has 0 amide bonds. The Morgan fingerprint density at radius 2 is 2.00 bits per heavy atom. The van der Waals surface area contributed by atoms with Crippen LogP contribution in [0.1, 0.15) is 17.0 Å². The van der Waals surface area contributed by atoms with Crippen molar-refractivity contribution in [2.45, 2.75) is 20.0 Å². The second-order valence-electron chi connectivity index (χ2n) is 4.55. The first-order valence-corrected chi connectivity index (χ1v) is 7.15. The normalized spacial score (nSPS) is 10.7. The van der Waals surface area contributed by atoms with Gasteiger partial charge in [0.25, 0.3) is 0 Å². The highest BCUT2D eigenvalue weighted by Crippen LogP contribution is 2.13. The Kier molecular flexibility index (Phi) is 3.73. The second kappa shape index (κ2) is 5.83. The predicted octanol–water partition coefficient (Wildman–Crippen LogP) is 2.70. The number of rotatable bonds is 5. The van der Waals surface area contributed by atoms with Gasteiger partial charge in [-0.15, -0.1) is 0 Å². The van der Waals surface area contributed by atoms with Crippen LogP contribution in [0.4, 0.5) is 5.13 Å². The molecule has 1 aromatic carbocycles. The van der Waals surface area contributed by atoms with E-state index in [1.165, 1.54) is 22.7 Å². The van der Waals surface area contributed by atoms with Crippen LogP contribution in [0.5, 0.6) is 0 Å². The first kappa shape index (κ1) is 12.8. The van der Waals surface area contributed by atoms with E-state index in [1.807, 2.05) is 19.4 Å². The quantitative estimate of drug-likeness (QED) is 0.783. The lowest BCUT2D eigenvalue weighted by atomic mass is 10.1. The Morgan fingerprint density at radius 1 is 1.20 bits per heavy atom. The highest BCUT2D eigenvalue weighted by Gasteiger charge is 2.00. The molecule has 0 saturated carbocycles. The lowest BCUT2D eigenvalue weighted by Gasteiger charge is -2.05. The molecule has 1 N–H and O–H groups in total. The zero-order chi connectivity index (χ0) is 13.8. The minimum absolute atomic E-state index is 0.764. The Morgan fingerprint density at radius 3 is 2.65 bits per heavy atom. The minimum atomic E-state index is 0.764. The topological polar surface area (TPSA) is 55.6 Å². The lowest BCUT2D eigenvalue weighted by Crippen LogP contribution is -2.00. The summed E-state index contributed by atoms with van der Waals surface area (Å²) in [6.45, 7) is 3.51. The zero-order valence-corrected chi connectivity index (χ0v) is 12.0. The van der Waals surface area contributed by atoms with E-state index in [1.54, 1.807) is 6.20 Å². The number of hydrogen-bond acceptors (Lipinski definition) is 5. The number of nitrogens with one attached hydrogen (secondary N) is 1. The molecule has 0 aliphatic heterocycles.